The highest BCUT2D eigenvalue weighted by atomic mass is 16.2. The van der Waals surface area contributed by atoms with Crippen molar-refractivity contribution in [1.29, 1.82) is 0 Å². The Balaban J connectivity index is 0.816. The number of allylic oxidation sites excluding steroid dienone is 9. The smallest absolute Gasteiger partial charge is 0.255 e. The van der Waals surface area contributed by atoms with E-state index in [1.54, 1.807) is 0 Å². The zero-order chi connectivity index (χ0) is 48.6. The van der Waals surface area contributed by atoms with Gasteiger partial charge in [-0.15, -0.1) is 0 Å². The van der Waals surface area contributed by atoms with Gasteiger partial charge in [0.05, 0.1) is 24.0 Å². The van der Waals surface area contributed by atoms with Crippen molar-refractivity contribution in [2.75, 3.05) is 9.80 Å². The van der Waals surface area contributed by atoms with E-state index in [4.69, 9.17) is 0 Å². The maximum Gasteiger partial charge on any atom is 0.255 e. The number of nitrogens with zero attached hydrogens (tertiary/aromatic N) is 4. The van der Waals surface area contributed by atoms with Crippen LogP contribution in [-0.4, -0.2) is 51.8 Å². The lowest BCUT2D eigenvalue weighted by atomic mass is 9.79. The number of anilines is 2. The Kier molecular flexibility index (Phi) is 11.7. The SMILES string of the molecule is O=C1C2Cc3cc4c(cc3=CC2=C(C2C=CC(N(c3ccccc3)C3CCC5CC5C3)=CC2)N1C1C=CCCC1)CC1C(=C(C2CC=C(N(C3C=CC=CC3)C3C=CCCC3)CC2)C(=O)N1c1ccccc1)C=4. The van der Waals surface area contributed by atoms with E-state index in [-0.39, 0.29) is 41.7 Å². The van der Waals surface area contributed by atoms with E-state index in [1.807, 2.05) is 6.07 Å². The molecule has 3 aromatic rings. The molecular weight excluding hydrogens is 893 g/mol. The van der Waals surface area contributed by atoms with E-state index >= 15 is 9.59 Å². The Bertz CT molecular complexity index is 3140. The van der Waals surface area contributed by atoms with Crippen molar-refractivity contribution in [1.82, 2.24) is 9.80 Å². The van der Waals surface area contributed by atoms with Crippen LogP contribution in [-0.2, 0) is 22.4 Å². The molecule has 9 aliphatic carbocycles. The highest BCUT2D eigenvalue weighted by molar-refractivity contribution is 6.12. The van der Waals surface area contributed by atoms with E-state index in [0.717, 1.165) is 80.9 Å². The molecule has 73 heavy (non-hydrogen) atoms. The normalized spacial score (nSPS) is 31.7. The number of para-hydroxylation sites is 2. The van der Waals surface area contributed by atoms with Crippen molar-refractivity contribution in [2.24, 2.45) is 29.6 Å². The molecule has 0 N–H and O–H groups in total. The van der Waals surface area contributed by atoms with Gasteiger partial charge in [0.1, 0.15) is 0 Å². The summed E-state index contributed by atoms with van der Waals surface area (Å²) in [5.74, 6) is 2.38. The average Bonchev–Trinajstić information content (AvgIpc) is 4.10. The van der Waals surface area contributed by atoms with Crippen molar-refractivity contribution in [3.8, 4) is 0 Å². The Morgan fingerprint density at radius 2 is 1.42 bits per heavy atom. The highest BCUT2D eigenvalue weighted by Gasteiger charge is 2.48. The van der Waals surface area contributed by atoms with E-state index in [2.05, 4.69) is 171 Å². The topological polar surface area (TPSA) is 47.1 Å². The van der Waals surface area contributed by atoms with Crippen LogP contribution < -0.4 is 20.2 Å². The lowest BCUT2D eigenvalue weighted by Gasteiger charge is -2.42. The Hall–Kier alpha value is -6.40. The Labute approximate surface area is 432 Å². The summed E-state index contributed by atoms with van der Waals surface area (Å²) in [4.78, 5) is 40.0. The van der Waals surface area contributed by atoms with E-state index in [1.165, 1.54) is 100 Å². The van der Waals surface area contributed by atoms with Crippen LogP contribution in [0.5, 0.6) is 0 Å². The van der Waals surface area contributed by atoms with Gasteiger partial charge in [-0.1, -0.05) is 115 Å². The third-order valence-electron chi connectivity index (χ3n) is 19.0. The summed E-state index contributed by atoms with van der Waals surface area (Å²) in [6, 6.07) is 27.6. The van der Waals surface area contributed by atoms with Gasteiger partial charge in [0.25, 0.3) is 5.91 Å². The molecule has 14 rings (SSSR count). The molecular formula is C67H70N4O2. The van der Waals surface area contributed by atoms with Crippen LogP contribution >= 0.6 is 0 Å². The summed E-state index contributed by atoms with van der Waals surface area (Å²) in [6.45, 7) is 0. The summed E-state index contributed by atoms with van der Waals surface area (Å²) >= 11 is 0. The molecule has 0 aromatic heterocycles. The molecule has 2 amide bonds. The largest absolute Gasteiger partial charge is 0.362 e. The third-order valence-corrected chi connectivity index (χ3v) is 19.0. The maximum absolute atomic E-state index is 15.1. The number of hydrogen-bond donors (Lipinski definition) is 0. The first-order chi connectivity index (χ1) is 36.0. The molecule has 2 heterocycles. The summed E-state index contributed by atoms with van der Waals surface area (Å²) in [6.07, 6.45) is 51.5. The number of benzene rings is 3. The van der Waals surface area contributed by atoms with Crippen LogP contribution in [0.15, 0.2) is 180 Å². The van der Waals surface area contributed by atoms with Gasteiger partial charge in [0.2, 0.25) is 5.91 Å². The standard InChI is InChI=1S/C67H70N4O2/c72-66-61-41-49-37-50-42-62-63(70(55-22-12-4-13-23-55)67(73)64(62)44-26-31-57(32-27-44)68(52-16-6-1-7-17-52)53-18-8-2-9-19-53)43-51(50)38-48(49)40-60(61)65(71(66)56-24-14-5-15-25-56)45-28-33-58(34-29-45)69(54-20-10-3-11-21-54)59-35-30-46-36-47(46)39-59/h1,3-4,6-8,10-14,16,18,20-24,28,31,33-34,37-38,40,42,44-47,52-53,56,59,61,63H,2,5,9,15,17,19,25-27,29-30,32,35-36,39,41,43H2. The number of carbonyl (C=O) groups excluding carboxylic acids is 2. The van der Waals surface area contributed by atoms with Gasteiger partial charge in [0, 0.05) is 52.0 Å². The van der Waals surface area contributed by atoms with Gasteiger partial charge in [-0.2, -0.15) is 0 Å². The minimum absolute atomic E-state index is 0.0558. The number of fused-ring (bicyclic) bond motifs is 5. The summed E-state index contributed by atoms with van der Waals surface area (Å²) in [5, 5.41) is 2.45. The molecule has 0 spiro atoms. The molecule has 10 unspecified atom stereocenters. The van der Waals surface area contributed by atoms with Crippen molar-refractivity contribution in [2.45, 2.75) is 139 Å². The third kappa shape index (κ3) is 8.14. The zero-order valence-corrected chi connectivity index (χ0v) is 42.4. The van der Waals surface area contributed by atoms with E-state index in [9.17, 15) is 0 Å². The number of amides is 2. The Morgan fingerprint density at radius 1 is 0.630 bits per heavy atom. The van der Waals surface area contributed by atoms with Crippen molar-refractivity contribution in [3.05, 3.63) is 201 Å². The summed E-state index contributed by atoms with van der Waals surface area (Å²) in [7, 11) is 0. The molecule has 0 saturated heterocycles. The number of hydrogen-bond acceptors (Lipinski definition) is 4. The van der Waals surface area contributed by atoms with Gasteiger partial charge in [-0.3, -0.25) is 9.59 Å². The zero-order valence-electron chi connectivity index (χ0n) is 42.4. The molecule has 370 valence electrons. The van der Waals surface area contributed by atoms with Crippen LogP contribution in [0, 0.1) is 29.6 Å². The fraction of sp³-hybridized carbons (Fsp3) is 0.403. The van der Waals surface area contributed by atoms with Crippen LogP contribution in [0.3, 0.4) is 0 Å². The molecule has 3 aromatic carbocycles. The molecule has 0 bridgehead atoms. The van der Waals surface area contributed by atoms with Gasteiger partial charge < -0.3 is 19.6 Å². The van der Waals surface area contributed by atoms with Gasteiger partial charge in [-0.05, 0) is 202 Å². The summed E-state index contributed by atoms with van der Waals surface area (Å²) < 4.78 is 0. The molecule has 2 fully saturated rings. The monoisotopic (exact) mass is 963 g/mol. The van der Waals surface area contributed by atoms with Crippen LogP contribution in [0.25, 0.3) is 12.2 Å². The van der Waals surface area contributed by atoms with E-state index in [0.29, 0.717) is 24.5 Å². The molecule has 6 nitrogen and oxygen atoms in total. The Morgan fingerprint density at radius 3 is 2.14 bits per heavy atom. The molecule has 6 heteroatoms. The van der Waals surface area contributed by atoms with Gasteiger partial charge in [0.15, 0.2) is 0 Å². The minimum Gasteiger partial charge on any atom is -0.362 e. The first-order valence-corrected chi connectivity index (χ1v) is 28.4. The number of rotatable bonds is 10. The van der Waals surface area contributed by atoms with Crippen LogP contribution in [0.4, 0.5) is 11.4 Å². The number of carbonyl (C=O) groups is 2. The molecule has 2 saturated carbocycles. The van der Waals surface area contributed by atoms with Gasteiger partial charge >= 0.3 is 0 Å². The predicted octanol–water partition coefficient (Wildman–Crippen LogP) is 12.0. The maximum atomic E-state index is 15.1. The minimum atomic E-state index is -0.191. The molecule has 2 aliphatic heterocycles. The fourth-order valence-corrected chi connectivity index (χ4v) is 15.4. The van der Waals surface area contributed by atoms with Crippen molar-refractivity contribution >= 4 is 35.3 Å². The lowest BCUT2D eigenvalue weighted by molar-refractivity contribution is -0.132. The van der Waals surface area contributed by atoms with Crippen molar-refractivity contribution in [3.63, 3.8) is 0 Å². The van der Waals surface area contributed by atoms with Crippen molar-refractivity contribution < 1.29 is 9.59 Å². The first-order valence-electron chi connectivity index (χ1n) is 28.4. The highest BCUT2D eigenvalue weighted by Crippen LogP contribution is 2.52. The van der Waals surface area contributed by atoms with Gasteiger partial charge in [-0.25, -0.2) is 0 Å². The second-order valence-corrected chi connectivity index (χ2v) is 23.2. The first kappa shape index (κ1) is 45.2. The second-order valence-electron chi connectivity index (χ2n) is 23.2. The quantitative estimate of drug-likeness (QED) is 0.190. The van der Waals surface area contributed by atoms with Crippen LogP contribution in [0.2, 0.25) is 0 Å². The lowest BCUT2D eigenvalue weighted by Crippen LogP contribution is -2.42. The fourth-order valence-electron chi connectivity index (χ4n) is 15.4. The molecule has 10 atom stereocenters. The molecule has 0 radical (unpaired) electrons. The van der Waals surface area contributed by atoms with E-state index < -0.39 is 0 Å². The predicted molar refractivity (Wildman–Crippen MR) is 295 cm³/mol. The molecule has 11 aliphatic rings. The van der Waals surface area contributed by atoms with Crippen LogP contribution in [0.1, 0.15) is 107 Å². The summed E-state index contributed by atoms with van der Waals surface area (Å²) in [5.41, 5.74) is 12.2. The second kappa shape index (κ2) is 18.8. The average molecular weight is 963 g/mol.